The maximum Gasteiger partial charge on any atom is 0.113 e. The fraction of sp³-hybridized carbons (Fsp3) is 0.160. The fourth-order valence-corrected chi connectivity index (χ4v) is 3.01. The van der Waals surface area contributed by atoms with E-state index in [-0.39, 0.29) is 5.41 Å². The smallest absolute Gasteiger partial charge is 0.113 e. The molecule has 0 aliphatic heterocycles. The first-order valence-electron chi connectivity index (χ1n) is 8.77. The van der Waals surface area contributed by atoms with Crippen molar-refractivity contribution < 1.29 is 0 Å². The molecule has 0 bridgehead atoms. The van der Waals surface area contributed by atoms with Crippen LogP contribution < -0.4 is 0 Å². The summed E-state index contributed by atoms with van der Waals surface area (Å²) in [7, 11) is 0. The maximum absolute atomic E-state index is 4.29. The Morgan fingerprint density at radius 3 is 2.15 bits per heavy atom. The predicted octanol–water partition coefficient (Wildman–Crippen LogP) is 5.78. The number of halogens is 1. The van der Waals surface area contributed by atoms with Gasteiger partial charge in [0.1, 0.15) is 5.69 Å². The van der Waals surface area contributed by atoms with Gasteiger partial charge in [-0.2, -0.15) is 0 Å². The Labute approximate surface area is 175 Å². The molecule has 0 aliphatic rings. The normalized spacial score (nSPS) is 10.4. The molecule has 0 unspecified atom stereocenters. The van der Waals surface area contributed by atoms with Gasteiger partial charge in [-0.3, -0.25) is 0 Å². The monoisotopic (exact) mass is 461 g/mol. The van der Waals surface area contributed by atoms with Crippen molar-refractivity contribution in [2.75, 3.05) is 0 Å². The molecule has 0 saturated carbocycles. The van der Waals surface area contributed by atoms with Gasteiger partial charge in [0.25, 0.3) is 0 Å². The van der Waals surface area contributed by atoms with E-state index in [4.69, 9.17) is 0 Å². The number of nitrogens with zero attached hydrogens (tertiary/aromatic N) is 1. The van der Waals surface area contributed by atoms with Crippen molar-refractivity contribution in [2.24, 2.45) is 0 Å². The molecule has 2 aromatic carbocycles. The molecule has 132 valence electrons. The van der Waals surface area contributed by atoms with Crippen LogP contribution >= 0.6 is 22.6 Å². The molecule has 1 nitrogen and oxygen atoms in total. The quantitative estimate of drug-likeness (QED) is 0.306. The Balaban J connectivity index is 2.06. The third kappa shape index (κ3) is 5.22. The zero-order valence-corrected chi connectivity index (χ0v) is 17.8. The van der Waals surface area contributed by atoms with E-state index in [9.17, 15) is 0 Å². The fourth-order valence-electron chi connectivity index (χ4n) is 2.49. The maximum atomic E-state index is 4.29. The van der Waals surface area contributed by atoms with Crippen LogP contribution in [-0.4, -0.2) is 4.98 Å². The molecule has 1 aromatic heterocycles. The van der Waals surface area contributed by atoms with Gasteiger partial charge >= 0.3 is 0 Å². The Morgan fingerprint density at radius 2 is 1.44 bits per heavy atom. The molecule has 0 aliphatic carbocycles. The minimum Gasteiger partial charge on any atom is -0.248 e. The molecule has 0 atom stereocenters. The van der Waals surface area contributed by atoms with Crippen LogP contribution in [0.2, 0.25) is 0 Å². The molecule has 3 rings (SSSR count). The lowest BCUT2D eigenvalue weighted by Gasteiger charge is -2.19. The Morgan fingerprint density at radius 1 is 0.741 bits per heavy atom. The lowest BCUT2D eigenvalue weighted by atomic mass is 9.85. The van der Waals surface area contributed by atoms with Gasteiger partial charge in [-0.25, -0.2) is 4.98 Å². The summed E-state index contributed by atoms with van der Waals surface area (Å²) in [6.07, 6.45) is 1.76. The first kappa shape index (κ1) is 19.2. The van der Waals surface area contributed by atoms with Gasteiger partial charge in [0.05, 0.1) is 0 Å². The molecular weight excluding hydrogens is 441 g/mol. The zero-order valence-electron chi connectivity index (χ0n) is 15.7. The molecule has 27 heavy (non-hydrogen) atoms. The summed E-state index contributed by atoms with van der Waals surface area (Å²) in [5.41, 5.74) is 4.96. The van der Waals surface area contributed by atoms with Crippen LogP contribution in [0.1, 0.15) is 48.7 Å². The van der Waals surface area contributed by atoms with Crippen LogP contribution in [0, 0.1) is 27.3 Å². The standard InChI is InChI=1S/C25H20IN/c1-25(2,3)22-15-13-19(11-12-20-8-4-5-10-24(20)26)21(18-22)14-16-23-9-6-7-17-27-23/h4-10,13,15,17-18H,1-3H3. The van der Waals surface area contributed by atoms with Gasteiger partial charge in [0, 0.05) is 26.5 Å². The van der Waals surface area contributed by atoms with Gasteiger partial charge in [-0.15, -0.1) is 0 Å². The highest BCUT2D eigenvalue weighted by molar-refractivity contribution is 14.1. The van der Waals surface area contributed by atoms with Crippen LogP contribution in [0.5, 0.6) is 0 Å². The summed E-state index contributed by atoms with van der Waals surface area (Å²) in [6.45, 7) is 6.61. The summed E-state index contributed by atoms with van der Waals surface area (Å²) < 4.78 is 1.15. The molecule has 1 heterocycles. The molecule has 0 saturated heterocycles. The first-order chi connectivity index (χ1) is 12.9. The average Bonchev–Trinajstić information content (AvgIpc) is 2.66. The second-order valence-corrected chi connectivity index (χ2v) is 8.37. The topological polar surface area (TPSA) is 12.9 Å². The van der Waals surface area contributed by atoms with Gasteiger partial charge in [-0.1, -0.05) is 62.8 Å². The second-order valence-electron chi connectivity index (χ2n) is 7.21. The van der Waals surface area contributed by atoms with E-state index in [1.807, 2.05) is 36.4 Å². The lowest BCUT2D eigenvalue weighted by Crippen LogP contribution is -2.11. The van der Waals surface area contributed by atoms with Crippen LogP contribution in [0.25, 0.3) is 0 Å². The van der Waals surface area contributed by atoms with Gasteiger partial charge < -0.3 is 0 Å². The minimum absolute atomic E-state index is 0.0577. The van der Waals surface area contributed by atoms with Crippen molar-refractivity contribution in [1.82, 2.24) is 4.98 Å². The summed E-state index contributed by atoms with van der Waals surface area (Å²) in [5, 5.41) is 0. The van der Waals surface area contributed by atoms with Gasteiger partial charge in [-0.05, 0) is 75.9 Å². The zero-order chi connectivity index (χ0) is 19.3. The lowest BCUT2D eigenvalue weighted by molar-refractivity contribution is 0.590. The number of pyridine rings is 1. The number of hydrogen-bond donors (Lipinski definition) is 0. The van der Waals surface area contributed by atoms with Gasteiger partial charge in [0.15, 0.2) is 0 Å². The molecule has 0 amide bonds. The molecule has 0 radical (unpaired) electrons. The Hall–Kier alpha value is -2.56. The van der Waals surface area contributed by atoms with E-state index in [1.165, 1.54) is 5.56 Å². The predicted molar refractivity (Wildman–Crippen MR) is 120 cm³/mol. The molecule has 0 N–H and O–H groups in total. The minimum atomic E-state index is 0.0577. The average molecular weight is 461 g/mol. The summed E-state index contributed by atoms with van der Waals surface area (Å²) in [6, 6.07) is 20.3. The highest BCUT2D eigenvalue weighted by Gasteiger charge is 2.14. The van der Waals surface area contributed by atoms with E-state index in [0.717, 1.165) is 26.0 Å². The van der Waals surface area contributed by atoms with E-state index >= 15 is 0 Å². The number of hydrogen-bond acceptors (Lipinski definition) is 1. The van der Waals surface area contributed by atoms with Crippen molar-refractivity contribution in [3.05, 3.63) is 98.4 Å². The van der Waals surface area contributed by atoms with Crippen LogP contribution in [0.3, 0.4) is 0 Å². The van der Waals surface area contributed by atoms with Crippen molar-refractivity contribution in [1.29, 1.82) is 0 Å². The van der Waals surface area contributed by atoms with Crippen LogP contribution in [0.4, 0.5) is 0 Å². The summed E-state index contributed by atoms with van der Waals surface area (Å²) >= 11 is 2.31. The Bertz CT molecular complexity index is 1070. The number of benzene rings is 2. The van der Waals surface area contributed by atoms with Crippen LogP contribution in [-0.2, 0) is 5.41 Å². The highest BCUT2D eigenvalue weighted by atomic mass is 127. The first-order valence-corrected chi connectivity index (χ1v) is 9.85. The third-order valence-corrected chi connectivity index (χ3v) is 5.02. The molecule has 2 heteroatoms. The van der Waals surface area contributed by atoms with Crippen molar-refractivity contribution in [2.45, 2.75) is 26.2 Å². The number of aromatic nitrogens is 1. The third-order valence-electron chi connectivity index (χ3n) is 4.08. The molecular formula is C25H20IN. The number of rotatable bonds is 0. The van der Waals surface area contributed by atoms with Crippen molar-refractivity contribution in [3.63, 3.8) is 0 Å². The second kappa shape index (κ2) is 8.42. The molecule has 0 spiro atoms. The van der Waals surface area contributed by atoms with Crippen LogP contribution in [0.15, 0.2) is 66.9 Å². The Kier molecular flexibility index (Phi) is 5.99. The SMILES string of the molecule is CC(C)(C)c1ccc(C#Cc2ccccc2I)c(C#Cc2ccccn2)c1. The van der Waals surface area contributed by atoms with E-state index < -0.39 is 0 Å². The summed E-state index contributed by atoms with van der Waals surface area (Å²) in [4.78, 5) is 4.29. The molecule has 0 fully saturated rings. The van der Waals surface area contributed by atoms with Gasteiger partial charge in [0.2, 0.25) is 0 Å². The highest BCUT2D eigenvalue weighted by Crippen LogP contribution is 2.24. The van der Waals surface area contributed by atoms with Crippen molar-refractivity contribution in [3.8, 4) is 23.7 Å². The van der Waals surface area contributed by atoms with E-state index in [0.29, 0.717) is 0 Å². The van der Waals surface area contributed by atoms with E-state index in [2.05, 4.69) is 96.3 Å². The van der Waals surface area contributed by atoms with Crippen molar-refractivity contribution >= 4 is 22.6 Å². The molecule has 3 aromatic rings. The van der Waals surface area contributed by atoms with E-state index in [1.54, 1.807) is 6.20 Å². The summed E-state index contributed by atoms with van der Waals surface area (Å²) in [5.74, 6) is 13.0. The largest absolute Gasteiger partial charge is 0.248 e.